The lowest BCUT2D eigenvalue weighted by atomic mass is 10.0. The van der Waals surface area contributed by atoms with Crippen molar-refractivity contribution in [3.8, 4) is 0 Å². The minimum atomic E-state index is -3.68. The summed E-state index contributed by atoms with van der Waals surface area (Å²) in [7, 11) is -3.68. The maximum absolute atomic E-state index is 11.4. The zero-order valence-electron chi connectivity index (χ0n) is 15.5. The van der Waals surface area contributed by atoms with E-state index in [9.17, 15) is 8.42 Å². The summed E-state index contributed by atoms with van der Waals surface area (Å²) in [5.74, 6) is 0. The Balaban J connectivity index is 1.78. The van der Waals surface area contributed by atoms with Crippen LogP contribution in [-0.4, -0.2) is 13.4 Å². The van der Waals surface area contributed by atoms with E-state index in [2.05, 4.69) is 35.4 Å². The minimum absolute atomic E-state index is 0.00560. The van der Waals surface area contributed by atoms with Crippen LogP contribution in [0.5, 0.6) is 0 Å². The van der Waals surface area contributed by atoms with E-state index in [1.54, 1.807) is 12.1 Å². The van der Waals surface area contributed by atoms with Gasteiger partial charge < -0.3 is 5.32 Å². The molecule has 2 aromatic carbocycles. The molecule has 0 aliphatic rings. The lowest BCUT2D eigenvalue weighted by molar-refractivity contribution is 0.573. The lowest BCUT2D eigenvalue weighted by Gasteiger charge is -2.16. The van der Waals surface area contributed by atoms with Crippen molar-refractivity contribution in [1.82, 2.24) is 10.3 Å². The first-order valence-electron chi connectivity index (χ1n) is 8.58. The summed E-state index contributed by atoms with van der Waals surface area (Å²) >= 11 is 6.40. The molecule has 142 valence electrons. The fraction of sp³-hybridized carbons (Fsp3) is 0.250. The van der Waals surface area contributed by atoms with Crippen LogP contribution in [0.25, 0.3) is 10.9 Å². The standard InChI is InChI=1S/C20H22ClN3O2S/c1-12-4-5-16-10-17(20(21)24-19(16)13(12)2)11-23-14(3)15-6-8-18(9-7-15)27(22,25)26/h4-10,14,23H,11H2,1-3H3,(H2,22,25,26)/t14-/m1/s1. The lowest BCUT2D eigenvalue weighted by Crippen LogP contribution is -2.19. The summed E-state index contributed by atoms with van der Waals surface area (Å²) in [5, 5.41) is 10.1. The Labute approximate surface area is 164 Å². The third-order valence-corrected chi connectivity index (χ3v) is 6.10. The number of nitrogens with two attached hydrogens (primary N) is 1. The fourth-order valence-electron chi connectivity index (χ4n) is 2.96. The Morgan fingerprint density at radius 1 is 1.15 bits per heavy atom. The SMILES string of the molecule is Cc1ccc2cc(CN[C@H](C)c3ccc(S(N)(=O)=O)cc3)c(Cl)nc2c1C. The molecule has 0 spiro atoms. The van der Waals surface area contributed by atoms with Gasteiger partial charge in [0, 0.05) is 23.5 Å². The minimum Gasteiger partial charge on any atom is -0.306 e. The van der Waals surface area contributed by atoms with Gasteiger partial charge in [0.25, 0.3) is 0 Å². The number of fused-ring (bicyclic) bond motifs is 1. The fourth-order valence-corrected chi connectivity index (χ4v) is 3.68. The van der Waals surface area contributed by atoms with Gasteiger partial charge in [-0.1, -0.05) is 35.9 Å². The largest absolute Gasteiger partial charge is 0.306 e. The number of hydrogen-bond acceptors (Lipinski definition) is 4. The Hall–Kier alpha value is -1.99. The van der Waals surface area contributed by atoms with Gasteiger partial charge in [-0.25, -0.2) is 18.5 Å². The molecule has 0 unspecified atom stereocenters. The van der Waals surface area contributed by atoms with Gasteiger partial charge in [-0.2, -0.15) is 0 Å². The third kappa shape index (κ3) is 4.30. The van der Waals surface area contributed by atoms with Gasteiger partial charge >= 0.3 is 0 Å². The molecule has 0 aliphatic heterocycles. The molecule has 0 saturated heterocycles. The summed E-state index contributed by atoms with van der Waals surface area (Å²) in [6, 6.07) is 12.7. The molecule has 27 heavy (non-hydrogen) atoms. The molecule has 1 heterocycles. The average Bonchev–Trinajstić information content (AvgIpc) is 2.63. The highest BCUT2D eigenvalue weighted by Crippen LogP contribution is 2.25. The van der Waals surface area contributed by atoms with Gasteiger partial charge in [-0.15, -0.1) is 0 Å². The van der Waals surface area contributed by atoms with Crippen LogP contribution in [0, 0.1) is 13.8 Å². The predicted octanol–water partition coefficient (Wildman–Crippen LogP) is 4.00. The van der Waals surface area contributed by atoms with Crippen LogP contribution in [0.1, 0.15) is 35.2 Å². The zero-order chi connectivity index (χ0) is 19.8. The Morgan fingerprint density at radius 2 is 1.81 bits per heavy atom. The number of pyridine rings is 1. The molecule has 0 bridgehead atoms. The Bertz CT molecular complexity index is 1100. The van der Waals surface area contributed by atoms with E-state index in [1.807, 2.05) is 13.8 Å². The van der Waals surface area contributed by atoms with Crippen molar-refractivity contribution in [2.75, 3.05) is 0 Å². The number of primary sulfonamides is 1. The van der Waals surface area contributed by atoms with E-state index in [4.69, 9.17) is 16.7 Å². The van der Waals surface area contributed by atoms with Crippen molar-refractivity contribution in [1.29, 1.82) is 0 Å². The Morgan fingerprint density at radius 3 is 2.44 bits per heavy atom. The first-order chi connectivity index (χ1) is 12.7. The maximum atomic E-state index is 11.4. The number of sulfonamides is 1. The van der Waals surface area contributed by atoms with Crippen molar-refractivity contribution >= 4 is 32.5 Å². The second-order valence-electron chi connectivity index (χ2n) is 6.73. The summed E-state index contributed by atoms with van der Waals surface area (Å²) < 4.78 is 22.7. The second-order valence-corrected chi connectivity index (χ2v) is 8.65. The van der Waals surface area contributed by atoms with Crippen LogP contribution < -0.4 is 10.5 Å². The molecule has 1 aromatic heterocycles. The molecule has 0 aliphatic carbocycles. The maximum Gasteiger partial charge on any atom is 0.238 e. The third-order valence-electron chi connectivity index (χ3n) is 4.85. The highest BCUT2D eigenvalue weighted by molar-refractivity contribution is 7.89. The van der Waals surface area contributed by atoms with Gasteiger partial charge in [0.15, 0.2) is 0 Å². The summed E-state index contributed by atoms with van der Waals surface area (Å²) in [6.07, 6.45) is 0. The van der Waals surface area contributed by atoms with Crippen molar-refractivity contribution in [2.24, 2.45) is 5.14 Å². The first-order valence-corrected chi connectivity index (χ1v) is 10.5. The molecule has 5 nitrogen and oxygen atoms in total. The van der Waals surface area contributed by atoms with Gasteiger partial charge in [-0.05, 0) is 55.7 Å². The molecule has 1 atom stereocenters. The normalized spacial score (nSPS) is 13.1. The molecule has 3 rings (SSSR count). The van der Waals surface area contributed by atoms with Crippen LogP contribution in [-0.2, 0) is 16.6 Å². The number of hydrogen-bond donors (Lipinski definition) is 2. The number of aromatic nitrogens is 1. The predicted molar refractivity (Wildman–Crippen MR) is 109 cm³/mol. The summed E-state index contributed by atoms with van der Waals surface area (Å²) in [6.45, 7) is 6.66. The van der Waals surface area contributed by atoms with E-state index in [0.717, 1.165) is 27.6 Å². The van der Waals surface area contributed by atoms with Gasteiger partial charge in [0.05, 0.1) is 10.4 Å². The van der Waals surface area contributed by atoms with Crippen molar-refractivity contribution < 1.29 is 8.42 Å². The number of benzene rings is 2. The number of nitrogens with zero attached hydrogens (tertiary/aromatic N) is 1. The number of nitrogens with one attached hydrogen (secondary N) is 1. The van der Waals surface area contributed by atoms with Gasteiger partial charge in [0.1, 0.15) is 5.15 Å². The topological polar surface area (TPSA) is 85.1 Å². The van der Waals surface area contributed by atoms with Gasteiger partial charge in [-0.3, -0.25) is 0 Å². The smallest absolute Gasteiger partial charge is 0.238 e. The van der Waals surface area contributed by atoms with E-state index in [1.165, 1.54) is 17.7 Å². The van der Waals surface area contributed by atoms with Crippen molar-refractivity contribution in [3.63, 3.8) is 0 Å². The van der Waals surface area contributed by atoms with Crippen molar-refractivity contribution in [2.45, 2.75) is 38.3 Å². The zero-order valence-corrected chi connectivity index (χ0v) is 17.0. The summed E-state index contributed by atoms with van der Waals surface area (Å²) in [4.78, 5) is 4.67. The number of aryl methyl sites for hydroxylation is 2. The van der Waals surface area contributed by atoms with E-state index in [-0.39, 0.29) is 10.9 Å². The molecular weight excluding hydrogens is 382 g/mol. The van der Waals surface area contributed by atoms with Crippen molar-refractivity contribution in [3.05, 3.63) is 69.9 Å². The Kier molecular flexibility index (Phi) is 5.53. The van der Waals surface area contributed by atoms with E-state index < -0.39 is 10.0 Å². The van der Waals surface area contributed by atoms with Crippen LogP contribution in [0.2, 0.25) is 5.15 Å². The van der Waals surface area contributed by atoms with E-state index >= 15 is 0 Å². The molecular formula is C20H22ClN3O2S. The first kappa shape index (κ1) is 19.8. The average molecular weight is 404 g/mol. The van der Waals surface area contributed by atoms with Gasteiger partial charge in [0.2, 0.25) is 10.0 Å². The highest BCUT2D eigenvalue weighted by Gasteiger charge is 2.12. The quantitative estimate of drug-likeness (QED) is 0.630. The molecule has 3 aromatic rings. The molecule has 0 saturated carbocycles. The van der Waals surface area contributed by atoms with Crippen LogP contribution in [0.4, 0.5) is 0 Å². The van der Waals surface area contributed by atoms with Crippen LogP contribution in [0.3, 0.4) is 0 Å². The van der Waals surface area contributed by atoms with E-state index in [0.29, 0.717) is 11.7 Å². The molecule has 0 radical (unpaired) electrons. The molecule has 3 N–H and O–H groups in total. The van der Waals surface area contributed by atoms with Crippen LogP contribution >= 0.6 is 11.6 Å². The molecule has 0 fully saturated rings. The monoisotopic (exact) mass is 403 g/mol. The highest BCUT2D eigenvalue weighted by atomic mass is 35.5. The molecule has 7 heteroatoms. The summed E-state index contributed by atoms with van der Waals surface area (Å²) in [5.41, 5.74) is 5.13. The number of halogens is 1. The van der Waals surface area contributed by atoms with Crippen LogP contribution in [0.15, 0.2) is 47.4 Å². The number of rotatable bonds is 5. The second kappa shape index (κ2) is 7.56. The molecule has 0 amide bonds.